The third-order valence-corrected chi connectivity index (χ3v) is 2.27. The van der Waals surface area contributed by atoms with Crippen LogP contribution in [-0.2, 0) is 0 Å². The van der Waals surface area contributed by atoms with E-state index in [0.717, 1.165) is 25.7 Å². The summed E-state index contributed by atoms with van der Waals surface area (Å²) < 4.78 is 0. The van der Waals surface area contributed by atoms with E-state index in [4.69, 9.17) is 5.11 Å². The highest BCUT2D eigenvalue weighted by Gasteiger charge is 1.93. The number of aliphatic hydroxyl groups is 1. The van der Waals surface area contributed by atoms with Crippen LogP contribution >= 0.6 is 0 Å². The van der Waals surface area contributed by atoms with Crippen LogP contribution in [-0.4, -0.2) is 24.6 Å². The van der Waals surface area contributed by atoms with E-state index in [1.165, 1.54) is 18.5 Å². The summed E-state index contributed by atoms with van der Waals surface area (Å²) in [6.07, 6.45) is 10.4. The number of rotatable bonds is 10. The maximum absolute atomic E-state index is 8.59. The van der Waals surface area contributed by atoms with Crippen LogP contribution in [0.2, 0.25) is 0 Å². The van der Waals surface area contributed by atoms with Crippen molar-refractivity contribution in [1.29, 1.82) is 0 Å². The molecule has 16 heavy (non-hydrogen) atoms. The molecule has 0 heterocycles. The third kappa shape index (κ3) is 9.71. The van der Waals surface area contributed by atoms with Crippen molar-refractivity contribution in [1.82, 2.24) is 5.32 Å². The minimum absolute atomic E-state index is 0.247. The van der Waals surface area contributed by atoms with Gasteiger partial charge in [-0.15, -0.1) is 0 Å². The van der Waals surface area contributed by atoms with E-state index in [1.807, 2.05) is 6.21 Å². The van der Waals surface area contributed by atoms with Crippen LogP contribution in [0.5, 0.6) is 0 Å². The standard InChI is InChI=1S/C13H26N2O/c1-3-5-9-13(8-4-2)15-12-14-10-6-7-11-16/h8,10,15-16H,3-7,9,11-12H2,1-2H3/b13-8+,14-10-. The normalized spacial score (nSPS) is 12.3. The van der Waals surface area contributed by atoms with Gasteiger partial charge in [0.15, 0.2) is 0 Å². The summed E-state index contributed by atoms with van der Waals surface area (Å²) in [4.78, 5) is 4.25. The maximum Gasteiger partial charge on any atom is 0.107 e. The van der Waals surface area contributed by atoms with Crippen molar-refractivity contribution in [3.8, 4) is 0 Å². The summed E-state index contributed by atoms with van der Waals surface area (Å²) in [6, 6.07) is 0. The fourth-order valence-electron chi connectivity index (χ4n) is 1.36. The predicted octanol–water partition coefficient (Wildman–Crippen LogP) is 2.86. The predicted molar refractivity (Wildman–Crippen MR) is 70.7 cm³/mol. The molecule has 0 fully saturated rings. The average molecular weight is 226 g/mol. The lowest BCUT2D eigenvalue weighted by molar-refractivity contribution is 0.291. The number of unbranched alkanes of at least 4 members (excludes halogenated alkanes) is 2. The Labute approximate surface area is 99.7 Å². The molecule has 0 aliphatic rings. The van der Waals surface area contributed by atoms with Gasteiger partial charge >= 0.3 is 0 Å². The average Bonchev–Trinajstić information content (AvgIpc) is 2.30. The Morgan fingerprint density at radius 3 is 2.75 bits per heavy atom. The van der Waals surface area contributed by atoms with Gasteiger partial charge in [-0.25, -0.2) is 0 Å². The van der Waals surface area contributed by atoms with Crippen LogP contribution in [0, 0.1) is 0 Å². The van der Waals surface area contributed by atoms with Crippen molar-refractivity contribution >= 4 is 6.21 Å². The topological polar surface area (TPSA) is 44.6 Å². The van der Waals surface area contributed by atoms with Crippen LogP contribution in [0.4, 0.5) is 0 Å². The van der Waals surface area contributed by atoms with Gasteiger partial charge in [0.05, 0.1) is 0 Å². The number of nitrogens with zero attached hydrogens (tertiary/aromatic N) is 1. The molecule has 0 saturated heterocycles. The van der Waals surface area contributed by atoms with Crippen molar-refractivity contribution in [3.05, 3.63) is 11.8 Å². The van der Waals surface area contributed by atoms with Crippen molar-refractivity contribution in [2.24, 2.45) is 4.99 Å². The van der Waals surface area contributed by atoms with Crippen LogP contribution in [0.15, 0.2) is 16.8 Å². The summed E-state index contributed by atoms with van der Waals surface area (Å²) in [7, 11) is 0. The molecule has 0 atom stereocenters. The first-order valence-electron chi connectivity index (χ1n) is 6.37. The fraction of sp³-hybridized carbons (Fsp3) is 0.769. The van der Waals surface area contributed by atoms with Gasteiger partial charge in [0.25, 0.3) is 0 Å². The number of nitrogens with one attached hydrogen (secondary N) is 1. The highest BCUT2D eigenvalue weighted by atomic mass is 16.2. The third-order valence-electron chi connectivity index (χ3n) is 2.27. The SMILES string of the molecule is CC/C=C(\CCCC)NC/N=C\CCCO. The smallest absolute Gasteiger partial charge is 0.107 e. The number of aliphatic hydroxyl groups excluding tert-OH is 1. The van der Waals surface area contributed by atoms with E-state index in [2.05, 4.69) is 30.2 Å². The zero-order valence-electron chi connectivity index (χ0n) is 10.7. The second-order valence-corrected chi connectivity index (χ2v) is 3.81. The molecule has 0 aromatic carbocycles. The molecule has 94 valence electrons. The molecule has 0 spiro atoms. The molecular formula is C13H26N2O. The second kappa shape index (κ2) is 12.2. The molecular weight excluding hydrogens is 200 g/mol. The van der Waals surface area contributed by atoms with Crippen LogP contribution < -0.4 is 5.32 Å². The van der Waals surface area contributed by atoms with Crippen molar-refractivity contribution in [2.75, 3.05) is 13.3 Å². The largest absolute Gasteiger partial charge is 0.396 e. The lowest BCUT2D eigenvalue weighted by Gasteiger charge is -2.08. The lowest BCUT2D eigenvalue weighted by atomic mass is 10.2. The Morgan fingerprint density at radius 1 is 1.31 bits per heavy atom. The molecule has 0 aromatic rings. The lowest BCUT2D eigenvalue weighted by Crippen LogP contribution is -2.13. The summed E-state index contributed by atoms with van der Waals surface area (Å²) in [5.74, 6) is 0. The van der Waals surface area contributed by atoms with Crippen molar-refractivity contribution < 1.29 is 5.11 Å². The van der Waals surface area contributed by atoms with Crippen LogP contribution in [0.1, 0.15) is 52.4 Å². The zero-order valence-corrected chi connectivity index (χ0v) is 10.7. The minimum Gasteiger partial charge on any atom is -0.396 e. The molecule has 0 unspecified atom stereocenters. The van der Waals surface area contributed by atoms with E-state index in [0.29, 0.717) is 6.67 Å². The molecule has 2 N–H and O–H groups in total. The fourth-order valence-corrected chi connectivity index (χ4v) is 1.36. The zero-order chi connectivity index (χ0) is 12.1. The summed E-state index contributed by atoms with van der Waals surface area (Å²) in [5, 5.41) is 11.9. The summed E-state index contributed by atoms with van der Waals surface area (Å²) in [6.45, 7) is 5.26. The first kappa shape index (κ1) is 15.2. The molecule has 0 radical (unpaired) electrons. The maximum atomic E-state index is 8.59. The van der Waals surface area contributed by atoms with Gasteiger partial charge in [0, 0.05) is 18.5 Å². The quantitative estimate of drug-likeness (QED) is 0.444. The van der Waals surface area contributed by atoms with E-state index in [9.17, 15) is 0 Å². The molecule has 0 rings (SSSR count). The van der Waals surface area contributed by atoms with Gasteiger partial charge in [0.2, 0.25) is 0 Å². The Balaban J connectivity index is 3.67. The van der Waals surface area contributed by atoms with E-state index in [-0.39, 0.29) is 6.61 Å². The summed E-state index contributed by atoms with van der Waals surface area (Å²) in [5.41, 5.74) is 1.31. The van der Waals surface area contributed by atoms with Crippen LogP contribution in [0.25, 0.3) is 0 Å². The Hall–Kier alpha value is -0.830. The Bertz CT molecular complexity index is 200. The first-order valence-corrected chi connectivity index (χ1v) is 6.37. The molecule has 0 saturated carbocycles. The molecule has 0 aliphatic carbocycles. The Morgan fingerprint density at radius 2 is 2.12 bits per heavy atom. The number of hydrogen-bond donors (Lipinski definition) is 2. The molecule has 0 amide bonds. The van der Waals surface area contributed by atoms with Crippen molar-refractivity contribution in [2.45, 2.75) is 52.4 Å². The van der Waals surface area contributed by atoms with Gasteiger partial charge in [-0.2, -0.15) is 0 Å². The second-order valence-electron chi connectivity index (χ2n) is 3.81. The first-order chi connectivity index (χ1) is 7.85. The molecule has 0 bridgehead atoms. The van der Waals surface area contributed by atoms with E-state index < -0.39 is 0 Å². The molecule has 0 aliphatic heterocycles. The monoisotopic (exact) mass is 226 g/mol. The van der Waals surface area contributed by atoms with Gasteiger partial charge < -0.3 is 10.4 Å². The van der Waals surface area contributed by atoms with Gasteiger partial charge in [-0.05, 0) is 32.1 Å². The highest BCUT2D eigenvalue weighted by Crippen LogP contribution is 2.04. The van der Waals surface area contributed by atoms with Gasteiger partial charge in [0.1, 0.15) is 6.67 Å². The van der Waals surface area contributed by atoms with Gasteiger partial charge in [-0.3, -0.25) is 4.99 Å². The molecule has 3 nitrogen and oxygen atoms in total. The molecule has 0 aromatic heterocycles. The highest BCUT2D eigenvalue weighted by molar-refractivity contribution is 5.56. The summed E-state index contributed by atoms with van der Waals surface area (Å²) >= 11 is 0. The number of allylic oxidation sites excluding steroid dienone is 2. The minimum atomic E-state index is 0.247. The van der Waals surface area contributed by atoms with E-state index >= 15 is 0 Å². The van der Waals surface area contributed by atoms with Crippen LogP contribution in [0.3, 0.4) is 0 Å². The Kier molecular flexibility index (Phi) is 11.6. The van der Waals surface area contributed by atoms with Crippen molar-refractivity contribution in [3.63, 3.8) is 0 Å². The van der Waals surface area contributed by atoms with E-state index in [1.54, 1.807) is 0 Å². The number of aliphatic imine (C=N–C) groups is 1. The molecule has 3 heteroatoms. The number of hydrogen-bond acceptors (Lipinski definition) is 3. The van der Waals surface area contributed by atoms with Gasteiger partial charge in [-0.1, -0.05) is 26.3 Å².